The molecule has 30 heavy (non-hydrogen) atoms. The molecule has 0 aliphatic carbocycles. The van der Waals surface area contributed by atoms with E-state index in [0.717, 1.165) is 0 Å². The Bertz CT molecular complexity index is 295. The maximum atomic E-state index is 2.97. The molecule has 1 heterocycles. The first-order valence-electron chi connectivity index (χ1n) is 14.0. The van der Waals surface area contributed by atoms with Gasteiger partial charge in [0, 0.05) is 0 Å². The monoisotopic (exact) mass is 417 g/mol. The lowest BCUT2D eigenvalue weighted by atomic mass is 9.39. The highest BCUT2D eigenvalue weighted by Gasteiger charge is 2.50. The van der Waals surface area contributed by atoms with Crippen LogP contribution in [0, 0.1) is 0 Å². The largest absolute Gasteiger partial charge is 0.357 e. The molecule has 0 aromatic carbocycles. The van der Waals surface area contributed by atoms with Gasteiger partial charge in [-0.2, -0.15) is 0 Å². The minimum atomic E-state index is 0.657. The topological polar surface area (TPSA) is 9.72 Å². The first-order chi connectivity index (χ1) is 14.7. The number of hydrogen-bond acceptors (Lipinski definition) is 3. The summed E-state index contributed by atoms with van der Waals surface area (Å²) in [6, 6.07) is 0. The second-order valence-electron chi connectivity index (χ2n) is 9.64. The van der Waals surface area contributed by atoms with Crippen molar-refractivity contribution in [3.05, 3.63) is 0 Å². The molecule has 0 saturated carbocycles. The summed E-state index contributed by atoms with van der Waals surface area (Å²) < 4.78 is 8.92. The summed E-state index contributed by atoms with van der Waals surface area (Å²) in [5.74, 6) is 0. The molecule has 0 N–H and O–H groups in total. The van der Waals surface area contributed by atoms with Gasteiger partial charge in [-0.15, -0.1) is 0 Å². The summed E-state index contributed by atoms with van der Waals surface area (Å²) in [5.41, 5.74) is 0. The van der Waals surface area contributed by atoms with Crippen LogP contribution >= 0.6 is 0 Å². The molecule has 0 aromatic rings. The predicted octanol–water partition coefficient (Wildman–Crippen LogP) is 7.17. The van der Waals surface area contributed by atoms with Gasteiger partial charge >= 0.3 is 0 Å². The number of nitrogens with zero attached hydrogens (tertiary/aromatic N) is 3. The standard InChI is InChI=1S/C24H54B3N3/c1-7-13-19-25-28(22-16-10-4)26(20-14-8-2)30(24-18-12-6)27(21-15-9-3)29(25)23-17-11-5/h7-24H2,1-6H3. The van der Waals surface area contributed by atoms with Gasteiger partial charge in [-0.25, -0.2) is 0 Å². The van der Waals surface area contributed by atoms with E-state index in [1.54, 1.807) is 0 Å². The van der Waals surface area contributed by atoms with Crippen molar-refractivity contribution in [1.29, 1.82) is 0 Å². The lowest BCUT2D eigenvalue weighted by Crippen LogP contribution is -2.77. The van der Waals surface area contributed by atoms with Gasteiger partial charge in [-0.1, -0.05) is 99.3 Å². The van der Waals surface area contributed by atoms with Gasteiger partial charge in [0.15, 0.2) is 0 Å². The summed E-state index contributed by atoms with van der Waals surface area (Å²) in [5, 5.41) is 0. The maximum absolute atomic E-state index is 2.97. The second kappa shape index (κ2) is 17.6. The van der Waals surface area contributed by atoms with Crippen LogP contribution in [0.4, 0.5) is 0 Å². The third-order valence-electron chi connectivity index (χ3n) is 7.05. The van der Waals surface area contributed by atoms with Crippen molar-refractivity contribution < 1.29 is 0 Å². The van der Waals surface area contributed by atoms with Crippen LogP contribution in [0.25, 0.3) is 0 Å². The highest BCUT2D eigenvalue weighted by molar-refractivity contribution is 6.86. The van der Waals surface area contributed by atoms with Crippen LogP contribution < -0.4 is 0 Å². The van der Waals surface area contributed by atoms with Gasteiger partial charge in [0.05, 0.1) is 0 Å². The lowest BCUT2D eigenvalue weighted by Gasteiger charge is -2.55. The maximum Gasteiger partial charge on any atom is 0.290 e. The van der Waals surface area contributed by atoms with Crippen LogP contribution in [0.1, 0.15) is 119 Å². The average Bonchev–Trinajstić information content (AvgIpc) is 2.76. The number of hydrogen-bond donors (Lipinski definition) is 0. The molecular weight excluding hydrogens is 363 g/mol. The van der Waals surface area contributed by atoms with Crippen LogP contribution in [0.5, 0.6) is 0 Å². The van der Waals surface area contributed by atoms with Crippen molar-refractivity contribution in [2.75, 3.05) is 19.6 Å². The molecule has 3 nitrogen and oxygen atoms in total. The van der Waals surface area contributed by atoms with E-state index in [-0.39, 0.29) is 0 Å². The van der Waals surface area contributed by atoms with Crippen molar-refractivity contribution in [1.82, 2.24) is 14.2 Å². The molecule has 0 amide bonds. The zero-order valence-electron chi connectivity index (χ0n) is 21.8. The van der Waals surface area contributed by atoms with Crippen LogP contribution in [0.3, 0.4) is 0 Å². The molecule has 0 spiro atoms. The van der Waals surface area contributed by atoms with E-state index in [9.17, 15) is 0 Å². The van der Waals surface area contributed by atoms with Crippen molar-refractivity contribution >= 4 is 20.9 Å². The quantitative estimate of drug-likeness (QED) is 0.219. The summed E-state index contributed by atoms with van der Waals surface area (Å²) >= 11 is 0. The Hall–Kier alpha value is 0.0748. The normalized spacial score (nSPS) is 16.8. The summed E-state index contributed by atoms with van der Waals surface area (Å²) in [6.45, 7) is 20.0. The van der Waals surface area contributed by atoms with Gasteiger partial charge in [0.1, 0.15) is 0 Å². The van der Waals surface area contributed by atoms with Crippen LogP contribution in [0.15, 0.2) is 0 Å². The van der Waals surface area contributed by atoms with Gasteiger partial charge in [0.2, 0.25) is 0 Å². The third-order valence-corrected chi connectivity index (χ3v) is 7.05. The molecule has 1 fully saturated rings. The van der Waals surface area contributed by atoms with Crippen LogP contribution in [-0.4, -0.2) is 54.7 Å². The first-order valence-corrected chi connectivity index (χ1v) is 14.0. The SMILES string of the molecule is CCCCB1N(CCCC)B(CCCC)N(CCCC)B(CCCC)N1CCCC. The third kappa shape index (κ3) is 8.90. The fraction of sp³-hybridized carbons (Fsp3) is 1.00. The van der Waals surface area contributed by atoms with Gasteiger partial charge in [0.25, 0.3) is 20.9 Å². The smallest absolute Gasteiger partial charge is 0.290 e. The lowest BCUT2D eigenvalue weighted by molar-refractivity contribution is 0.401. The van der Waals surface area contributed by atoms with E-state index in [1.165, 1.54) is 116 Å². The minimum absolute atomic E-state index is 0.657. The molecule has 0 bridgehead atoms. The Kier molecular flexibility index (Phi) is 16.5. The van der Waals surface area contributed by atoms with E-state index in [2.05, 4.69) is 55.7 Å². The van der Waals surface area contributed by atoms with Crippen molar-refractivity contribution in [3.63, 3.8) is 0 Å². The van der Waals surface area contributed by atoms with Crippen LogP contribution in [0.2, 0.25) is 19.0 Å². The molecular formula is C24H54B3N3. The van der Waals surface area contributed by atoms with Crippen molar-refractivity contribution in [2.45, 2.75) is 138 Å². The van der Waals surface area contributed by atoms with E-state index in [1.807, 2.05) is 0 Å². The summed E-state index contributed by atoms with van der Waals surface area (Å²) in [6.07, 6.45) is 20.1. The molecule has 1 aliphatic heterocycles. The Morgan fingerprint density at radius 2 is 0.600 bits per heavy atom. The Balaban J connectivity index is 3.31. The zero-order chi connectivity index (χ0) is 22.2. The van der Waals surface area contributed by atoms with E-state index >= 15 is 0 Å². The highest BCUT2D eigenvalue weighted by atomic mass is 15.3. The number of rotatable bonds is 18. The van der Waals surface area contributed by atoms with Gasteiger partial charge in [-0.3, -0.25) is 0 Å². The average molecular weight is 417 g/mol. The molecule has 174 valence electrons. The van der Waals surface area contributed by atoms with E-state index in [4.69, 9.17) is 0 Å². The molecule has 1 rings (SSSR count). The molecule has 1 aliphatic rings. The predicted molar refractivity (Wildman–Crippen MR) is 141 cm³/mol. The number of unbranched alkanes of at least 4 members (excludes halogenated alkanes) is 6. The zero-order valence-corrected chi connectivity index (χ0v) is 21.8. The second-order valence-corrected chi connectivity index (χ2v) is 9.64. The Labute approximate surface area is 192 Å². The fourth-order valence-corrected chi connectivity index (χ4v) is 5.24. The molecule has 0 aromatic heterocycles. The van der Waals surface area contributed by atoms with Crippen molar-refractivity contribution in [2.24, 2.45) is 0 Å². The molecule has 1 saturated heterocycles. The molecule has 6 heteroatoms. The Morgan fingerprint density at radius 3 is 0.800 bits per heavy atom. The molecule has 0 unspecified atom stereocenters. The fourth-order valence-electron chi connectivity index (χ4n) is 5.24. The van der Waals surface area contributed by atoms with Crippen molar-refractivity contribution in [3.8, 4) is 0 Å². The van der Waals surface area contributed by atoms with E-state index in [0.29, 0.717) is 20.9 Å². The first kappa shape index (κ1) is 28.1. The highest BCUT2D eigenvalue weighted by Crippen LogP contribution is 2.30. The van der Waals surface area contributed by atoms with Crippen LogP contribution in [-0.2, 0) is 0 Å². The minimum Gasteiger partial charge on any atom is -0.357 e. The van der Waals surface area contributed by atoms with Gasteiger partial charge in [-0.05, 0) is 57.9 Å². The summed E-state index contributed by atoms with van der Waals surface area (Å²) in [7, 11) is 0. The van der Waals surface area contributed by atoms with Gasteiger partial charge < -0.3 is 14.2 Å². The van der Waals surface area contributed by atoms with E-state index < -0.39 is 0 Å². The Morgan fingerprint density at radius 1 is 0.367 bits per heavy atom. The molecule has 0 atom stereocenters. The summed E-state index contributed by atoms with van der Waals surface area (Å²) in [4.78, 5) is 0. The molecule has 0 radical (unpaired) electrons.